The van der Waals surface area contributed by atoms with Crippen LogP contribution in [0.3, 0.4) is 0 Å². The molecule has 1 amide bonds. The highest BCUT2D eigenvalue weighted by Gasteiger charge is 2.17. The van der Waals surface area contributed by atoms with Gasteiger partial charge < -0.3 is 15.2 Å². The summed E-state index contributed by atoms with van der Waals surface area (Å²) in [4.78, 5) is 14.0. The number of amides is 1. The molecule has 0 aliphatic carbocycles. The van der Waals surface area contributed by atoms with E-state index in [4.69, 9.17) is 5.73 Å². The summed E-state index contributed by atoms with van der Waals surface area (Å²) in [5.74, 6) is 0.319. The van der Waals surface area contributed by atoms with E-state index in [9.17, 15) is 4.79 Å². The van der Waals surface area contributed by atoms with Crippen molar-refractivity contribution in [2.75, 3.05) is 18.5 Å². The summed E-state index contributed by atoms with van der Waals surface area (Å²) in [6.07, 6.45) is 2.48. The fourth-order valence-corrected chi connectivity index (χ4v) is 2.24. The number of benzene rings is 1. The molecule has 0 radical (unpaired) electrons. The second kappa shape index (κ2) is 5.45. The zero-order valence-corrected chi connectivity index (χ0v) is 11.8. The lowest BCUT2D eigenvalue weighted by molar-refractivity contribution is -0.119. The van der Waals surface area contributed by atoms with E-state index in [0.29, 0.717) is 13.0 Å². The fourth-order valence-electron chi connectivity index (χ4n) is 2.24. The van der Waals surface area contributed by atoms with Crippen LogP contribution in [0.15, 0.2) is 30.5 Å². The molecule has 4 nitrogen and oxygen atoms in total. The number of carbonyl (C=O) groups excluding carboxylic acids is 1. The van der Waals surface area contributed by atoms with Gasteiger partial charge >= 0.3 is 0 Å². The number of hydrogen-bond donors (Lipinski definition) is 1. The van der Waals surface area contributed by atoms with E-state index >= 15 is 0 Å². The van der Waals surface area contributed by atoms with Gasteiger partial charge in [-0.25, -0.2) is 0 Å². The molecule has 1 heterocycles. The van der Waals surface area contributed by atoms with Crippen LogP contribution >= 0.6 is 0 Å². The van der Waals surface area contributed by atoms with Crippen LogP contribution in [0.5, 0.6) is 0 Å². The van der Waals surface area contributed by atoms with E-state index in [1.54, 1.807) is 4.90 Å². The van der Waals surface area contributed by atoms with E-state index in [2.05, 4.69) is 6.07 Å². The molecule has 1 aromatic heterocycles. The molecule has 2 aromatic rings. The van der Waals surface area contributed by atoms with Crippen LogP contribution in [0, 0.1) is 5.92 Å². The second-order valence-electron chi connectivity index (χ2n) is 5.14. The summed E-state index contributed by atoms with van der Waals surface area (Å²) in [6.45, 7) is 2.53. The Hall–Kier alpha value is -1.81. The summed E-state index contributed by atoms with van der Waals surface area (Å²) in [5.41, 5.74) is 7.66. The second-order valence-corrected chi connectivity index (χ2v) is 5.14. The van der Waals surface area contributed by atoms with E-state index in [-0.39, 0.29) is 11.8 Å². The Morgan fingerprint density at radius 3 is 2.79 bits per heavy atom. The lowest BCUT2D eigenvalue weighted by Gasteiger charge is -2.18. The van der Waals surface area contributed by atoms with Gasteiger partial charge in [-0.05, 0) is 18.5 Å². The van der Waals surface area contributed by atoms with Gasteiger partial charge in [-0.1, -0.05) is 25.1 Å². The van der Waals surface area contributed by atoms with Gasteiger partial charge in [0.1, 0.15) is 0 Å². The number of hydrogen-bond acceptors (Lipinski definition) is 2. The number of aromatic nitrogens is 1. The Kier molecular flexibility index (Phi) is 3.90. The van der Waals surface area contributed by atoms with E-state index in [1.165, 1.54) is 0 Å². The van der Waals surface area contributed by atoms with Crippen LogP contribution in [0.25, 0.3) is 10.9 Å². The van der Waals surface area contributed by atoms with Crippen molar-refractivity contribution in [3.63, 3.8) is 0 Å². The van der Waals surface area contributed by atoms with E-state index in [0.717, 1.165) is 16.6 Å². The number of para-hydroxylation sites is 1. The average molecular weight is 259 g/mol. The predicted octanol–water partition coefficient (Wildman–Crippen LogP) is 2.13. The molecular weight excluding hydrogens is 238 g/mol. The van der Waals surface area contributed by atoms with E-state index < -0.39 is 0 Å². The van der Waals surface area contributed by atoms with Crippen molar-refractivity contribution in [1.29, 1.82) is 0 Å². The van der Waals surface area contributed by atoms with Gasteiger partial charge in [0.2, 0.25) is 5.91 Å². The molecule has 0 aliphatic rings. The van der Waals surface area contributed by atoms with Crippen molar-refractivity contribution < 1.29 is 4.79 Å². The molecule has 19 heavy (non-hydrogen) atoms. The molecule has 102 valence electrons. The Morgan fingerprint density at radius 2 is 2.11 bits per heavy atom. The van der Waals surface area contributed by atoms with Crippen molar-refractivity contribution in [2.24, 2.45) is 18.7 Å². The molecule has 2 rings (SSSR count). The number of rotatable bonds is 4. The number of carbonyl (C=O) groups is 1. The molecule has 0 aliphatic heterocycles. The maximum Gasteiger partial charge on any atom is 0.227 e. The summed E-state index contributed by atoms with van der Waals surface area (Å²) in [6, 6.07) is 8.09. The third-order valence-corrected chi connectivity index (χ3v) is 3.54. The number of aryl methyl sites for hydroxylation is 1. The Bertz CT molecular complexity index is 588. The van der Waals surface area contributed by atoms with Gasteiger partial charge in [0.05, 0.1) is 5.69 Å². The lowest BCUT2D eigenvalue weighted by atomic mass is 10.1. The standard InChI is InChI=1S/C15H21N3O/c1-11(9-16)8-15(19)18(3)14-10-17(2)13-7-5-4-6-12(13)14/h4-7,10-11H,8-9,16H2,1-3H3. The summed E-state index contributed by atoms with van der Waals surface area (Å²) in [7, 11) is 3.82. The third kappa shape index (κ3) is 2.63. The van der Waals surface area contributed by atoms with Gasteiger partial charge in [0, 0.05) is 37.6 Å². The van der Waals surface area contributed by atoms with Gasteiger partial charge in [-0.3, -0.25) is 4.79 Å². The van der Waals surface area contributed by atoms with Crippen molar-refractivity contribution in [1.82, 2.24) is 4.57 Å². The molecule has 1 unspecified atom stereocenters. The van der Waals surface area contributed by atoms with E-state index in [1.807, 2.05) is 50.0 Å². The van der Waals surface area contributed by atoms with Crippen LogP contribution in [0.1, 0.15) is 13.3 Å². The average Bonchev–Trinajstić information content (AvgIpc) is 2.75. The first kappa shape index (κ1) is 13.6. The normalized spacial score (nSPS) is 12.6. The van der Waals surface area contributed by atoms with Crippen LogP contribution < -0.4 is 10.6 Å². The van der Waals surface area contributed by atoms with Gasteiger partial charge in [-0.15, -0.1) is 0 Å². The minimum Gasteiger partial charge on any atom is -0.348 e. The summed E-state index contributed by atoms with van der Waals surface area (Å²) >= 11 is 0. The Balaban J connectivity index is 2.31. The topological polar surface area (TPSA) is 51.3 Å². The molecule has 0 saturated heterocycles. The maximum atomic E-state index is 12.2. The molecule has 1 atom stereocenters. The number of anilines is 1. The molecule has 1 aromatic carbocycles. The van der Waals surface area contributed by atoms with Gasteiger partial charge in [-0.2, -0.15) is 0 Å². The first-order valence-electron chi connectivity index (χ1n) is 6.55. The van der Waals surface area contributed by atoms with Crippen molar-refractivity contribution in [2.45, 2.75) is 13.3 Å². The molecule has 0 spiro atoms. The van der Waals surface area contributed by atoms with Crippen molar-refractivity contribution in [3.8, 4) is 0 Å². The van der Waals surface area contributed by atoms with Crippen LogP contribution in [-0.4, -0.2) is 24.1 Å². The van der Waals surface area contributed by atoms with Crippen LogP contribution in [0.4, 0.5) is 5.69 Å². The Labute approximate surface area is 113 Å². The molecule has 0 fully saturated rings. The molecule has 0 saturated carbocycles. The predicted molar refractivity (Wildman–Crippen MR) is 79.2 cm³/mol. The fraction of sp³-hybridized carbons (Fsp3) is 0.400. The minimum atomic E-state index is 0.106. The minimum absolute atomic E-state index is 0.106. The van der Waals surface area contributed by atoms with Gasteiger partial charge in [0.25, 0.3) is 0 Å². The zero-order chi connectivity index (χ0) is 14.0. The SMILES string of the molecule is CC(CN)CC(=O)N(C)c1cn(C)c2ccccc12. The van der Waals surface area contributed by atoms with Crippen LogP contribution in [0.2, 0.25) is 0 Å². The van der Waals surface area contributed by atoms with Crippen molar-refractivity contribution >= 4 is 22.5 Å². The van der Waals surface area contributed by atoms with Crippen molar-refractivity contribution in [3.05, 3.63) is 30.5 Å². The first-order chi connectivity index (χ1) is 9.04. The molecule has 0 bridgehead atoms. The van der Waals surface area contributed by atoms with Crippen LogP contribution in [-0.2, 0) is 11.8 Å². The molecule has 2 N–H and O–H groups in total. The monoisotopic (exact) mass is 259 g/mol. The molecule has 4 heteroatoms. The van der Waals surface area contributed by atoms with Gasteiger partial charge in [0.15, 0.2) is 0 Å². The quantitative estimate of drug-likeness (QED) is 0.914. The molecular formula is C15H21N3O. The highest BCUT2D eigenvalue weighted by atomic mass is 16.2. The first-order valence-corrected chi connectivity index (χ1v) is 6.55. The number of nitrogens with two attached hydrogens (primary N) is 1. The maximum absolute atomic E-state index is 12.2. The Morgan fingerprint density at radius 1 is 1.42 bits per heavy atom. The number of fused-ring (bicyclic) bond motifs is 1. The number of nitrogens with zero attached hydrogens (tertiary/aromatic N) is 2. The summed E-state index contributed by atoms with van der Waals surface area (Å²) in [5, 5.41) is 1.10. The lowest BCUT2D eigenvalue weighted by Crippen LogP contribution is -2.29. The summed E-state index contributed by atoms with van der Waals surface area (Å²) < 4.78 is 2.04. The largest absolute Gasteiger partial charge is 0.348 e. The smallest absolute Gasteiger partial charge is 0.227 e. The third-order valence-electron chi connectivity index (χ3n) is 3.54. The zero-order valence-electron chi connectivity index (χ0n) is 11.8. The highest BCUT2D eigenvalue weighted by molar-refractivity contribution is 6.03. The highest BCUT2D eigenvalue weighted by Crippen LogP contribution is 2.28.